The van der Waals surface area contributed by atoms with Gasteiger partial charge >= 0.3 is 0 Å². The lowest BCUT2D eigenvalue weighted by Crippen LogP contribution is -2.23. The van der Waals surface area contributed by atoms with Crippen LogP contribution in [0.5, 0.6) is 0 Å². The van der Waals surface area contributed by atoms with Gasteiger partial charge in [-0.15, -0.1) is 0 Å². The summed E-state index contributed by atoms with van der Waals surface area (Å²) in [6.07, 6.45) is 6.86. The molecule has 1 rings (SSSR count). The highest BCUT2D eigenvalue weighted by Crippen LogP contribution is 2.13. The molecule has 0 aliphatic rings. The first kappa shape index (κ1) is 19.7. The van der Waals surface area contributed by atoms with E-state index in [9.17, 15) is 0 Å². The molecule has 0 fully saturated rings. The zero-order chi connectivity index (χ0) is 17.8. The van der Waals surface area contributed by atoms with E-state index in [1.165, 1.54) is 5.57 Å². The molecule has 128 valence electrons. The van der Waals surface area contributed by atoms with Crippen LogP contribution in [0.2, 0.25) is 0 Å². The SMILES string of the molecule is C=C(/C=C\C=C(/C)CCNCCN)OCc1ccc(C#N)cc1C. The van der Waals surface area contributed by atoms with Crippen molar-refractivity contribution in [3.8, 4) is 6.07 Å². The zero-order valence-electron chi connectivity index (χ0n) is 14.6. The second-order valence-corrected chi connectivity index (χ2v) is 5.67. The summed E-state index contributed by atoms with van der Waals surface area (Å²) in [5.41, 5.74) is 9.48. The van der Waals surface area contributed by atoms with Crippen LogP contribution in [-0.2, 0) is 11.3 Å². The Hall–Kier alpha value is -2.35. The lowest BCUT2D eigenvalue weighted by atomic mass is 10.1. The standard InChI is InChI=1S/C20H27N3O/c1-16(9-11-23-12-10-21)5-4-6-18(3)24-15-20-8-7-19(14-22)13-17(20)2/h4-8,13,23H,3,9-12,15,21H2,1-2H3/b6-4-,16-5+. The molecule has 4 heteroatoms. The number of benzene rings is 1. The number of hydrogen-bond donors (Lipinski definition) is 2. The van der Waals surface area contributed by atoms with Crippen molar-refractivity contribution in [2.75, 3.05) is 19.6 Å². The van der Waals surface area contributed by atoms with E-state index in [0.717, 1.165) is 30.6 Å². The molecular weight excluding hydrogens is 298 g/mol. The smallest absolute Gasteiger partial charge is 0.114 e. The van der Waals surface area contributed by atoms with Gasteiger partial charge < -0.3 is 15.8 Å². The summed E-state index contributed by atoms with van der Waals surface area (Å²) < 4.78 is 5.66. The van der Waals surface area contributed by atoms with Crippen molar-refractivity contribution in [2.24, 2.45) is 5.73 Å². The maximum absolute atomic E-state index is 8.87. The summed E-state index contributed by atoms with van der Waals surface area (Å²) in [5.74, 6) is 0.615. The van der Waals surface area contributed by atoms with Crippen LogP contribution in [0.15, 0.2) is 54.3 Å². The molecule has 3 N–H and O–H groups in total. The Morgan fingerprint density at radius 2 is 2.21 bits per heavy atom. The third-order valence-corrected chi connectivity index (χ3v) is 3.56. The van der Waals surface area contributed by atoms with Gasteiger partial charge in [0.15, 0.2) is 0 Å². The summed E-state index contributed by atoms with van der Waals surface area (Å²) in [6, 6.07) is 7.72. The van der Waals surface area contributed by atoms with Crippen molar-refractivity contribution in [3.63, 3.8) is 0 Å². The first-order valence-corrected chi connectivity index (χ1v) is 8.12. The van der Waals surface area contributed by atoms with Crippen molar-refractivity contribution in [1.29, 1.82) is 5.26 Å². The molecule has 0 atom stereocenters. The van der Waals surface area contributed by atoms with E-state index in [2.05, 4.69) is 31.0 Å². The number of nitriles is 1. The van der Waals surface area contributed by atoms with Crippen LogP contribution in [0.1, 0.15) is 30.0 Å². The van der Waals surface area contributed by atoms with E-state index >= 15 is 0 Å². The van der Waals surface area contributed by atoms with Crippen molar-refractivity contribution >= 4 is 0 Å². The van der Waals surface area contributed by atoms with E-state index < -0.39 is 0 Å². The Morgan fingerprint density at radius 1 is 1.42 bits per heavy atom. The molecule has 0 bridgehead atoms. The van der Waals surface area contributed by atoms with Gasteiger partial charge in [0.25, 0.3) is 0 Å². The highest BCUT2D eigenvalue weighted by molar-refractivity contribution is 5.37. The predicted molar refractivity (Wildman–Crippen MR) is 99.3 cm³/mol. The molecule has 0 saturated carbocycles. The first-order chi connectivity index (χ1) is 11.6. The Bertz CT molecular complexity index is 639. The lowest BCUT2D eigenvalue weighted by molar-refractivity contribution is 0.212. The van der Waals surface area contributed by atoms with Crippen molar-refractivity contribution in [1.82, 2.24) is 5.32 Å². The van der Waals surface area contributed by atoms with Gasteiger partial charge in [-0.25, -0.2) is 0 Å². The van der Waals surface area contributed by atoms with Crippen LogP contribution in [0.25, 0.3) is 0 Å². The van der Waals surface area contributed by atoms with E-state index in [-0.39, 0.29) is 0 Å². The van der Waals surface area contributed by atoms with Crippen LogP contribution >= 0.6 is 0 Å². The summed E-state index contributed by atoms with van der Waals surface area (Å²) in [7, 11) is 0. The van der Waals surface area contributed by atoms with Gasteiger partial charge in [-0.2, -0.15) is 5.26 Å². The van der Waals surface area contributed by atoms with E-state index in [1.54, 1.807) is 6.07 Å². The van der Waals surface area contributed by atoms with Gasteiger partial charge in [-0.05, 0) is 56.1 Å². The van der Waals surface area contributed by atoms with Crippen LogP contribution in [0.4, 0.5) is 0 Å². The molecule has 0 heterocycles. The summed E-state index contributed by atoms with van der Waals surface area (Å²) >= 11 is 0. The highest BCUT2D eigenvalue weighted by atomic mass is 16.5. The average Bonchev–Trinajstić information content (AvgIpc) is 2.57. The number of allylic oxidation sites excluding steroid dienone is 3. The zero-order valence-corrected chi connectivity index (χ0v) is 14.6. The van der Waals surface area contributed by atoms with Gasteiger partial charge in [-0.1, -0.05) is 30.4 Å². The topological polar surface area (TPSA) is 71.1 Å². The summed E-state index contributed by atoms with van der Waals surface area (Å²) in [6.45, 7) is 10.9. The van der Waals surface area contributed by atoms with Crippen LogP contribution in [-0.4, -0.2) is 19.6 Å². The van der Waals surface area contributed by atoms with Crippen LogP contribution in [0, 0.1) is 18.3 Å². The fourth-order valence-corrected chi connectivity index (χ4v) is 2.06. The molecule has 0 aliphatic heterocycles. The highest BCUT2D eigenvalue weighted by Gasteiger charge is 2.01. The van der Waals surface area contributed by atoms with E-state index in [1.807, 2.05) is 31.2 Å². The summed E-state index contributed by atoms with van der Waals surface area (Å²) in [5, 5.41) is 12.1. The molecule has 1 aromatic rings. The number of aryl methyl sites for hydroxylation is 1. The van der Waals surface area contributed by atoms with Crippen LogP contribution in [0.3, 0.4) is 0 Å². The number of rotatable bonds is 10. The van der Waals surface area contributed by atoms with E-state index in [4.69, 9.17) is 15.7 Å². The second kappa shape index (κ2) is 11.2. The Labute approximate surface area is 145 Å². The largest absolute Gasteiger partial charge is 0.490 e. The maximum Gasteiger partial charge on any atom is 0.114 e. The number of nitrogens with two attached hydrogens (primary N) is 1. The monoisotopic (exact) mass is 325 g/mol. The van der Waals surface area contributed by atoms with Gasteiger partial charge in [0, 0.05) is 13.1 Å². The van der Waals surface area contributed by atoms with Crippen molar-refractivity contribution < 1.29 is 4.74 Å². The molecule has 0 spiro atoms. The molecule has 1 aromatic carbocycles. The van der Waals surface area contributed by atoms with Crippen molar-refractivity contribution in [2.45, 2.75) is 26.9 Å². The molecule has 0 amide bonds. The van der Waals surface area contributed by atoms with Gasteiger partial charge in [0.1, 0.15) is 12.4 Å². The second-order valence-electron chi connectivity index (χ2n) is 5.67. The Morgan fingerprint density at radius 3 is 2.88 bits per heavy atom. The minimum atomic E-state index is 0.451. The van der Waals surface area contributed by atoms with Crippen LogP contribution < -0.4 is 11.1 Å². The fourth-order valence-electron chi connectivity index (χ4n) is 2.06. The predicted octanol–water partition coefficient (Wildman–Crippen LogP) is 3.34. The number of ether oxygens (including phenoxy) is 1. The minimum absolute atomic E-state index is 0.451. The molecule has 0 aliphatic carbocycles. The molecular formula is C20H27N3O. The molecule has 4 nitrogen and oxygen atoms in total. The maximum atomic E-state index is 8.87. The minimum Gasteiger partial charge on any atom is -0.490 e. The fraction of sp³-hybridized carbons (Fsp3) is 0.350. The van der Waals surface area contributed by atoms with Gasteiger partial charge in [0.05, 0.1) is 11.6 Å². The average molecular weight is 325 g/mol. The van der Waals surface area contributed by atoms with Crippen molar-refractivity contribution in [3.05, 3.63) is 71.0 Å². The quantitative estimate of drug-likeness (QED) is 0.393. The van der Waals surface area contributed by atoms with Gasteiger partial charge in [0.2, 0.25) is 0 Å². The Kier molecular flexibility index (Phi) is 9.21. The number of nitrogens with zero attached hydrogens (tertiary/aromatic N) is 1. The third kappa shape index (κ3) is 7.77. The molecule has 24 heavy (non-hydrogen) atoms. The molecule has 0 saturated heterocycles. The van der Waals surface area contributed by atoms with E-state index in [0.29, 0.717) is 24.5 Å². The van der Waals surface area contributed by atoms with Gasteiger partial charge in [-0.3, -0.25) is 0 Å². The molecule has 0 radical (unpaired) electrons. The molecule has 0 aromatic heterocycles. The Balaban J connectivity index is 2.39. The third-order valence-electron chi connectivity index (χ3n) is 3.56. The summed E-state index contributed by atoms with van der Waals surface area (Å²) in [4.78, 5) is 0. The number of nitrogens with one attached hydrogen (secondary N) is 1. The first-order valence-electron chi connectivity index (χ1n) is 8.12. The normalized spacial score (nSPS) is 11.5. The lowest BCUT2D eigenvalue weighted by Gasteiger charge is -2.08. The number of hydrogen-bond acceptors (Lipinski definition) is 4. The molecule has 0 unspecified atom stereocenters.